The lowest BCUT2D eigenvalue weighted by molar-refractivity contribution is -0.153. The first-order valence-electron chi connectivity index (χ1n) is 5.32. The number of carboxylic acid groups (broad SMARTS) is 1. The standard InChI is InChI=1S/C12H14O6/c1-2-18-9-4-3-7(5-8(9)6-13)10(14)11(15)12(16)17/h3-6,10-11,14-15H,2H2,1H3,(H,16,17). The molecule has 0 radical (unpaired) electrons. The van der Waals surface area contributed by atoms with Crippen molar-refractivity contribution in [1.29, 1.82) is 0 Å². The van der Waals surface area contributed by atoms with Crippen LogP contribution in [0, 0.1) is 0 Å². The van der Waals surface area contributed by atoms with E-state index in [1.807, 2.05) is 0 Å². The average molecular weight is 254 g/mol. The number of aliphatic hydroxyl groups excluding tert-OH is 2. The fourth-order valence-corrected chi connectivity index (χ4v) is 1.45. The molecule has 2 atom stereocenters. The van der Waals surface area contributed by atoms with Crippen molar-refractivity contribution in [3.63, 3.8) is 0 Å². The zero-order valence-electron chi connectivity index (χ0n) is 9.74. The van der Waals surface area contributed by atoms with Gasteiger partial charge in [-0.1, -0.05) is 6.07 Å². The molecule has 18 heavy (non-hydrogen) atoms. The molecule has 6 heteroatoms. The van der Waals surface area contributed by atoms with Crippen molar-refractivity contribution in [3.05, 3.63) is 29.3 Å². The van der Waals surface area contributed by atoms with Crippen LogP contribution in [0.4, 0.5) is 0 Å². The van der Waals surface area contributed by atoms with Crippen LogP contribution in [-0.2, 0) is 4.79 Å². The van der Waals surface area contributed by atoms with E-state index in [0.717, 1.165) is 0 Å². The Morgan fingerprint density at radius 1 is 1.44 bits per heavy atom. The molecule has 0 aliphatic carbocycles. The highest BCUT2D eigenvalue weighted by atomic mass is 16.5. The van der Waals surface area contributed by atoms with Gasteiger partial charge in [0.1, 0.15) is 11.9 Å². The van der Waals surface area contributed by atoms with Crippen LogP contribution in [0.5, 0.6) is 5.75 Å². The average Bonchev–Trinajstić information content (AvgIpc) is 2.37. The predicted molar refractivity (Wildman–Crippen MR) is 61.6 cm³/mol. The number of rotatable bonds is 6. The van der Waals surface area contributed by atoms with E-state index in [1.165, 1.54) is 18.2 Å². The first kappa shape index (κ1) is 14.1. The van der Waals surface area contributed by atoms with E-state index in [1.54, 1.807) is 6.92 Å². The second kappa shape index (κ2) is 6.13. The third-order valence-corrected chi connectivity index (χ3v) is 2.35. The summed E-state index contributed by atoms with van der Waals surface area (Å²) in [6, 6.07) is 4.13. The minimum atomic E-state index is -1.94. The fourth-order valence-electron chi connectivity index (χ4n) is 1.45. The SMILES string of the molecule is CCOc1ccc(C(O)C(O)C(=O)O)cc1C=O. The maximum absolute atomic E-state index is 10.8. The van der Waals surface area contributed by atoms with Crippen LogP contribution in [0.3, 0.4) is 0 Å². The number of hydrogen-bond donors (Lipinski definition) is 3. The van der Waals surface area contributed by atoms with Crippen LogP contribution in [0.1, 0.15) is 28.9 Å². The van der Waals surface area contributed by atoms with Crippen molar-refractivity contribution >= 4 is 12.3 Å². The molecule has 0 spiro atoms. The lowest BCUT2D eigenvalue weighted by Gasteiger charge is -2.15. The third kappa shape index (κ3) is 3.06. The Kier molecular flexibility index (Phi) is 4.82. The zero-order chi connectivity index (χ0) is 13.7. The Balaban J connectivity index is 3.04. The van der Waals surface area contributed by atoms with E-state index in [2.05, 4.69) is 0 Å². The van der Waals surface area contributed by atoms with Gasteiger partial charge in [0.25, 0.3) is 0 Å². The summed E-state index contributed by atoms with van der Waals surface area (Å²) in [6.45, 7) is 2.13. The smallest absolute Gasteiger partial charge is 0.335 e. The van der Waals surface area contributed by atoms with Gasteiger partial charge in [0.15, 0.2) is 12.4 Å². The van der Waals surface area contributed by atoms with Crippen LogP contribution in [0.2, 0.25) is 0 Å². The molecular formula is C12H14O6. The summed E-state index contributed by atoms with van der Waals surface area (Å²) in [6.07, 6.45) is -3.01. The molecule has 0 heterocycles. The van der Waals surface area contributed by atoms with Crippen molar-refractivity contribution < 1.29 is 29.6 Å². The number of carbonyl (C=O) groups excluding carboxylic acids is 1. The third-order valence-electron chi connectivity index (χ3n) is 2.35. The van der Waals surface area contributed by atoms with Crippen LogP contribution in [-0.4, -0.2) is 40.3 Å². The summed E-state index contributed by atoms with van der Waals surface area (Å²) in [7, 11) is 0. The van der Waals surface area contributed by atoms with Crippen LogP contribution in [0.15, 0.2) is 18.2 Å². The van der Waals surface area contributed by atoms with Gasteiger partial charge in [-0.2, -0.15) is 0 Å². The minimum absolute atomic E-state index is 0.135. The van der Waals surface area contributed by atoms with Gasteiger partial charge >= 0.3 is 5.97 Å². The number of aliphatic carboxylic acids is 1. The number of ether oxygens (including phenoxy) is 1. The van der Waals surface area contributed by atoms with Crippen molar-refractivity contribution in [2.45, 2.75) is 19.1 Å². The number of benzene rings is 1. The summed E-state index contributed by atoms with van der Waals surface area (Å²) >= 11 is 0. The Morgan fingerprint density at radius 2 is 2.11 bits per heavy atom. The number of aliphatic hydroxyl groups is 2. The molecule has 6 nitrogen and oxygen atoms in total. The molecule has 0 aromatic heterocycles. The highest BCUT2D eigenvalue weighted by Gasteiger charge is 2.25. The van der Waals surface area contributed by atoms with Gasteiger partial charge in [-0.3, -0.25) is 4.79 Å². The van der Waals surface area contributed by atoms with Gasteiger partial charge in [-0.05, 0) is 24.6 Å². The topological polar surface area (TPSA) is 104 Å². The summed E-state index contributed by atoms with van der Waals surface area (Å²) in [5.41, 5.74) is 0.321. The highest BCUT2D eigenvalue weighted by molar-refractivity contribution is 5.80. The van der Waals surface area contributed by atoms with E-state index in [0.29, 0.717) is 18.6 Å². The van der Waals surface area contributed by atoms with Crippen LogP contribution >= 0.6 is 0 Å². The molecule has 0 aliphatic rings. The molecule has 0 amide bonds. The van der Waals surface area contributed by atoms with E-state index in [4.69, 9.17) is 9.84 Å². The Labute approximate surface area is 103 Å². The fraction of sp³-hybridized carbons (Fsp3) is 0.333. The number of aldehydes is 1. The molecular weight excluding hydrogens is 240 g/mol. The molecule has 0 aliphatic heterocycles. The molecule has 0 saturated heterocycles. The summed E-state index contributed by atoms with van der Waals surface area (Å²) < 4.78 is 5.18. The van der Waals surface area contributed by atoms with Crippen molar-refractivity contribution in [2.75, 3.05) is 6.61 Å². The maximum Gasteiger partial charge on any atom is 0.335 e. The molecule has 3 N–H and O–H groups in total. The normalized spacial score (nSPS) is 13.7. The quantitative estimate of drug-likeness (QED) is 0.634. The number of carboxylic acids is 1. The Hall–Kier alpha value is -1.92. The van der Waals surface area contributed by atoms with E-state index >= 15 is 0 Å². The van der Waals surface area contributed by atoms with Gasteiger partial charge < -0.3 is 20.1 Å². The van der Waals surface area contributed by atoms with Gasteiger partial charge in [0.2, 0.25) is 0 Å². The molecule has 1 rings (SSSR count). The second-order valence-electron chi connectivity index (χ2n) is 3.58. The Morgan fingerprint density at radius 3 is 2.61 bits per heavy atom. The predicted octanol–water partition coefficient (Wildman–Crippen LogP) is 0.377. The van der Waals surface area contributed by atoms with Crippen molar-refractivity contribution in [1.82, 2.24) is 0 Å². The minimum Gasteiger partial charge on any atom is -0.493 e. The van der Waals surface area contributed by atoms with E-state index < -0.39 is 18.2 Å². The molecule has 0 bridgehead atoms. The lowest BCUT2D eigenvalue weighted by atomic mass is 10.0. The molecule has 98 valence electrons. The molecule has 1 aromatic rings. The lowest BCUT2D eigenvalue weighted by Crippen LogP contribution is -2.27. The van der Waals surface area contributed by atoms with Crippen molar-refractivity contribution in [2.24, 2.45) is 0 Å². The monoisotopic (exact) mass is 254 g/mol. The first-order valence-corrected chi connectivity index (χ1v) is 5.32. The number of hydrogen-bond acceptors (Lipinski definition) is 5. The molecule has 0 saturated carbocycles. The maximum atomic E-state index is 10.8. The summed E-state index contributed by atoms with van der Waals surface area (Å²) in [5, 5.41) is 27.4. The molecule has 1 aromatic carbocycles. The van der Waals surface area contributed by atoms with Gasteiger partial charge in [0, 0.05) is 0 Å². The van der Waals surface area contributed by atoms with E-state index in [-0.39, 0.29) is 11.1 Å². The number of carbonyl (C=O) groups is 2. The largest absolute Gasteiger partial charge is 0.493 e. The summed E-state index contributed by atoms with van der Waals surface area (Å²) in [5.74, 6) is -1.20. The van der Waals surface area contributed by atoms with Gasteiger partial charge in [0.05, 0.1) is 12.2 Å². The molecule has 0 fully saturated rings. The highest BCUT2D eigenvalue weighted by Crippen LogP contribution is 2.24. The van der Waals surface area contributed by atoms with E-state index in [9.17, 15) is 19.8 Å². The van der Waals surface area contributed by atoms with Crippen LogP contribution < -0.4 is 4.74 Å². The molecule has 2 unspecified atom stereocenters. The second-order valence-corrected chi connectivity index (χ2v) is 3.58. The van der Waals surface area contributed by atoms with Gasteiger partial charge in [-0.25, -0.2) is 4.79 Å². The van der Waals surface area contributed by atoms with Crippen molar-refractivity contribution in [3.8, 4) is 5.75 Å². The first-order chi connectivity index (χ1) is 8.51. The Bertz CT molecular complexity index is 442. The summed E-state index contributed by atoms with van der Waals surface area (Å²) in [4.78, 5) is 21.4. The zero-order valence-corrected chi connectivity index (χ0v) is 9.74. The van der Waals surface area contributed by atoms with Crippen LogP contribution in [0.25, 0.3) is 0 Å². The van der Waals surface area contributed by atoms with Gasteiger partial charge in [-0.15, -0.1) is 0 Å².